The minimum Gasteiger partial charge on any atom is -0.371 e. The van der Waals surface area contributed by atoms with E-state index in [2.05, 4.69) is 51.3 Å². The van der Waals surface area contributed by atoms with E-state index in [0.29, 0.717) is 0 Å². The number of nitrogens with one attached hydrogen (secondary N) is 1. The van der Waals surface area contributed by atoms with Crippen molar-refractivity contribution in [3.05, 3.63) is 28.2 Å². The van der Waals surface area contributed by atoms with E-state index in [0.717, 1.165) is 25.0 Å². The summed E-state index contributed by atoms with van der Waals surface area (Å²) in [7, 11) is 0. The molecule has 0 atom stereocenters. The van der Waals surface area contributed by atoms with Crippen LogP contribution >= 0.6 is 15.9 Å². The van der Waals surface area contributed by atoms with Gasteiger partial charge in [-0.25, -0.2) is 0 Å². The fourth-order valence-corrected chi connectivity index (χ4v) is 3.53. The molecular weight excluding hydrogens is 312 g/mol. The smallest absolute Gasteiger partial charge is 0.0510 e. The molecule has 2 aliphatic rings. The van der Waals surface area contributed by atoms with Gasteiger partial charge in [0.2, 0.25) is 0 Å². The summed E-state index contributed by atoms with van der Waals surface area (Å²) in [6.07, 6.45) is 6.96. The highest BCUT2D eigenvalue weighted by Gasteiger charge is 2.22. The van der Waals surface area contributed by atoms with E-state index in [4.69, 9.17) is 0 Å². The zero-order valence-electron chi connectivity index (χ0n) is 12.4. The van der Waals surface area contributed by atoms with Crippen molar-refractivity contribution in [3.8, 4) is 0 Å². The number of hydrogen-bond donors (Lipinski definition) is 1. The third-order valence-corrected chi connectivity index (χ3v) is 5.25. The second-order valence-corrected chi connectivity index (χ2v) is 7.13. The molecule has 0 heterocycles. The molecule has 2 fully saturated rings. The summed E-state index contributed by atoms with van der Waals surface area (Å²) in [4.78, 5) is 2.52. The van der Waals surface area contributed by atoms with E-state index in [1.807, 2.05) is 0 Å². The highest BCUT2D eigenvalue weighted by molar-refractivity contribution is 9.10. The van der Waals surface area contributed by atoms with Crippen molar-refractivity contribution in [1.82, 2.24) is 5.32 Å². The Morgan fingerprint density at radius 2 is 2.05 bits per heavy atom. The Labute approximate surface area is 131 Å². The second kappa shape index (κ2) is 6.48. The third kappa shape index (κ3) is 3.56. The van der Waals surface area contributed by atoms with Crippen LogP contribution in [0.15, 0.2) is 22.7 Å². The predicted molar refractivity (Wildman–Crippen MR) is 89.2 cm³/mol. The van der Waals surface area contributed by atoms with E-state index in [9.17, 15) is 0 Å². The van der Waals surface area contributed by atoms with Crippen LogP contribution in [-0.4, -0.2) is 19.1 Å². The lowest BCUT2D eigenvalue weighted by atomic mass is 9.85. The zero-order valence-corrected chi connectivity index (χ0v) is 14.0. The van der Waals surface area contributed by atoms with Crippen LogP contribution in [0.2, 0.25) is 0 Å². The highest BCUT2D eigenvalue weighted by atomic mass is 79.9. The van der Waals surface area contributed by atoms with Gasteiger partial charge in [0.05, 0.1) is 5.69 Å². The molecule has 20 heavy (non-hydrogen) atoms. The third-order valence-electron chi connectivity index (χ3n) is 4.61. The lowest BCUT2D eigenvalue weighted by Gasteiger charge is -2.33. The van der Waals surface area contributed by atoms with Crippen molar-refractivity contribution in [2.45, 2.75) is 51.6 Å². The van der Waals surface area contributed by atoms with Gasteiger partial charge in [-0.2, -0.15) is 0 Å². The summed E-state index contributed by atoms with van der Waals surface area (Å²) in [6, 6.07) is 7.63. The summed E-state index contributed by atoms with van der Waals surface area (Å²) in [5.74, 6) is 0.915. The number of anilines is 1. The van der Waals surface area contributed by atoms with Gasteiger partial charge in [0.25, 0.3) is 0 Å². The number of hydrogen-bond acceptors (Lipinski definition) is 2. The molecule has 0 bridgehead atoms. The van der Waals surface area contributed by atoms with Crippen molar-refractivity contribution in [2.24, 2.45) is 5.92 Å². The summed E-state index contributed by atoms with van der Waals surface area (Å²) in [6.45, 7) is 5.56. The Bertz CT molecular complexity index is 452. The molecule has 2 nitrogen and oxygen atoms in total. The maximum Gasteiger partial charge on any atom is 0.0510 e. The minimum atomic E-state index is 0.777. The number of rotatable bonds is 7. The molecule has 0 aliphatic heterocycles. The second-order valence-electron chi connectivity index (χ2n) is 6.28. The molecule has 2 aliphatic carbocycles. The monoisotopic (exact) mass is 336 g/mol. The van der Waals surface area contributed by atoms with Crippen LogP contribution in [0.1, 0.15) is 44.6 Å². The first-order chi connectivity index (χ1) is 9.76. The first-order valence-electron chi connectivity index (χ1n) is 8.03. The van der Waals surface area contributed by atoms with Gasteiger partial charge in [0.15, 0.2) is 0 Å². The standard InChI is InChI=1S/C17H25BrN2/c1-2-20(12-13-4-3-5-13)17-9-6-14(10-16(17)18)11-19-15-7-8-15/h6,9-10,13,15,19H,2-5,7-8,11-12H2,1H3. The summed E-state index contributed by atoms with van der Waals surface area (Å²) < 4.78 is 1.24. The van der Waals surface area contributed by atoms with Gasteiger partial charge in [-0.15, -0.1) is 0 Å². The molecule has 0 spiro atoms. The predicted octanol–water partition coefficient (Wildman–Crippen LogP) is 4.33. The maximum absolute atomic E-state index is 3.77. The molecule has 0 saturated heterocycles. The molecule has 0 unspecified atom stereocenters. The van der Waals surface area contributed by atoms with E-state index in [1.165, 1.54) is 54.4 Å². The fourth-order valence-electron chi connectivity index (χ4n) is 2.85. The van der Waals surface area contributed by atoms with Gasteiger partial charge >= 0.3 is 0 Å². The van der Waals surface area contributed by atoms with Crippen LogP contribution in [0.25, 0.3) is 0 Å². The van der Waals surface area contributed by atoms with Gasteiger partial charge < -0.3 is 10.2 Å². The van der Waals surface area contributed by atoms with Crippen LogP contribution in [0.5, 0.6) is 0 Å². The molecule has 0 radical (unpaired) electrons. The molecular formula is C17H25BrN2. The Kier molecular flexibility index (Phi) is 4.67. The average Bonchev–Trinajstić information content (AvgIpc) is 3.21. The van der Waals surface area contributed by atoms with Crippen molar-refractivity contribution in [1.29, 1.82) is 0 Å². The molecule has 0 amide bonds. The molecule has 0 aromatic heterocycles. The fraction of sp³-hybridized carbons (Fsp3) is 0.647. The highest BCUT2D eigenvalue weighted by Crippen LogP contribution is 2.32. The van der Waals surface area contributed by atoms with E-state index in [-0.39, 0.29) is 0 Å². The van der Waals surface area contributed by atoms with Gasteiger partial charge in [-0.05, 0) is 72.2 Å². The number of nitrogens with zero attached hydrogens (tertiary/aromatic N) is 1. The topological polar surface area (TPSA) is 15.3 Å². The first-order valence-corrected chi connectivity index (χ1v) is 8.82. The van der Waals surface area contributed by atoms with Gasteiger partial charge in [-0.3, -0.25) is 0 Å². The molecule has 2 saturated carbocycles. The largest absolute Gasteiger partial charge is 0.371 e. The van der Waals surface area contributed by atoms with Crippen LogP contribution in [-0.2, 0) is 6.54 Å². The number of benzene rings is 1. The molecule has 3 rings (SSSR count). The molecule has 1 aromatic carbocycles. The Balaban J connectivity index is 1.64. The maximum atomic E-state index is 3.77. The molecule has 110 valence electrons. The average molecular weight is 337 g/mol. The summed E-state index contributed by atoms with van der Waals surface area (Å²) in [5.41, 5.74) is 2.74. The van der Waals surface area contributed by atoms with Crippen molar-refractivity contribution >= 4 is 21.6 Å². The Morgan fingerprint density at radius 3 is 2.60 bits per heavy atom. The van der Waals surface area contributed by atoms with Crippen LogP contribution in [0, 0.1) is 5.92 Å². The van der Waals surface area contributed by atoms with Gasteiger partial charge in [-0.1, -0.05) is 12.5 Å². The minimum absolute atomic E-state index is 0.777. The van der Waals surface area contributed by atoms with Gasteiger partial charge in [0.1, 0.15) is 0 Å². The zero-order chi connectivity index (χ0) is 13.9. The molecule has 3 heteroatoms. The number of halogens is 1. The first kappa shape index (κ1) is 14.4. The molecule has 1 aromatic rings. The van der Waals surface area contributed by atoms with Crippen molar-refractivity contribution < 1.29 is 0 Å². The van der Waals surface area contributed by atoms with E-state index < -0.39 is 0 Å². The van der Waals surface area contributed by atoms with Crippen molar-refractivity contribution in [2.75, 3.05) is 18.0 Å². The van der Waals surface area contributed by atoms with E-state index in [1.54, 1.807) is 0 Å². The Morgan fingerprint density at radius 1 is 1.25 bits per heavy atom. The lowest BCUT2D eigenvalue weighted by molar-refractivity contribution is 0.318. The van der Waals surface area contributed by atoms with Gasteiger partial charge in [0, 0.05) is 30.1 Å². The lowest BCUT2D eigenvalue weighted by Crippen LogP contribution is -2.32. The molecule has 1 N–H and O–H groups in total. The van der Waals surface area contributed by atoms with E-state index >= 15 is 0 Å². The SMILES string of the molecule is CCN(CC1CCC1)c1ccc(CNC2CC2)cc1Br. The summed E-state index contributed by atoms with van der Waals surface area (Å²) in [5, 5.41) is 3.58. The van der Waals surface area contributed by atoms with Crippen molar-refractivity contribution in [3.63, 3.8) is 0 Å². The van der Waals surface area contributed by atoms with Crippen LogP contribution in [0.3, 0.4) is 0 Å². The van der Waals surface area contributed by atoms with Crippen LogP contribution < -0.4 is 10.2 Å². The quantitative estimate of drug-likeness (QED) is 0.797. The summed E-state index contributed by atoms with van der Waals surface area (Å²) >= 11 is 3.77. The van der Waals surface area contributed by atoms with Crippen LogP contribution in [0.4, 0.5) is 5.69 Å². The Hall–Kier alpha value is -0.540. The normalized spacial score (nSPS) is 18.9.